The van der Waals surface area contributed by atoms with Gasteiger partial charge in [-0.2, -0.15) is 0 Å². The Morgan fingerprint density at radius 2 is 2.19 bits per heavy atom. The van der Waals surface area contributed by atoms with Gasteiger partial charge in [0.2, 0.25) is 0 Å². The first-order chi connectivity index (χ1) is 9.97. The van der Waals surface area contributed by atoms with Crippen LogP contribution in [0.3, 0.4) is 0 Å². The Morgan fingerprint density at radius 3 is 2.71 bits per heavy atom. The van der Waals surface area contributed by atoms with E-state index in [4.69, 9.17) is 9.47 Å². The van der Waals surface area contributed by atoms with Gasteiger partial charge in [0, 0.05) is 5.92 Å². The van der Waals surface area contributed by atoms with Gasteiger partial charge in [0.25, 0.3) is 0 Å². The number of esters is 1. The van der Waals surface area contributed by atoms with Gasteiger partial charge >= 0.3 is 5.97 Å². The van der Waals surface area contributed by atoms with Gasteiger partial charge in [0.1, 0.15) is 11.4 Å². The lowest BCUT2D eigenvalue weighted by Crippen LogP contribution is -2.26. The van der Waals surface area contributed by atoms with E-state index in [1.165, 1.54) is 38.9 Å². The maximum Gasteiger partial charge on any atom is 0.333 e. The third-order valence-electron chi connectivity index (χ3n) is 4.66. The highest BCUT2D eigenvalue weighted by molar-refractivity contribution is 5.82. The molecule has 3 heteroatoms. The first kappa shape index (κ1) is 18.1. The number of ether oxygens (including phenoxy) is 2. The molecule has 0 aromatic heterocycles. The molecule has 1 aliphatic heterocycles. The van der Waals surface area contributed by atoms with E-state index in [1.54, 1.807) is 0 Å². The molecule has 1 aliphatic rings. The standard InChI is InChI=1S/C18H32O3/c1-6-9-10-14(7-2)12-18(4)13-15(8-3)16(21-18)11-17(19)20-5/h11,14-15H,6-10,12-13H2,1-5H3/b16-11+/t14-,15-,18+/m1/s1. The molecule has 0 bridgehead atoms. The van der Waals surface area contributed by atoms with E-state index in [1.807, 2.05) is 0 Å². The van der Waals surface area contributed by atoms with Gasteiger partial charge in [0.05, 0.1) is 13.2 Å². The predicted molar refractivity (Wildman–Crippen MR) is 85.9 cm³/mol. The van der Waals surface area contributed by atoms with Crippen molar-refractivity contribution in [3.8, 4) is 0 Å². The quantitative estimate of drug-likeness (QED) is 0.474. The van der Waals surface area contributed by atoms with E-state index in [2.05, 4.69) is 27.7 Å². The summed E-state index contributed by atoms with van der Waals surface area (Å²) >= 11 is 0. The number of carbonyl (C=O) groups is 1. The fourth-order valence-electron chi connectivity index (χ4n) is 3.38. The largest absolute Gasteiger partial charge is 0.491 e. The van der Waals surface area contributed by atoms with Crippen molar-refractivity contribution < 1.29 is 14.3 Å². The predicted octanol–water partition coefficient (Wildman–Crippen LogP) is 4.86. The number of carbonyl (C=O) groups excluding carboxylic acids is 1. The maximum absolute atomic E-state index is 11.5. The zero-order valence-electron chi connectivity index (χ0n) is 14.4. The molecule has 1 fully saturated rings. The van der Waals surface area contributed by atoms with E-state index < -0.39 is 0 Å². The molecule has 21 heavy (non-hydrogen) atoms. The van der Waals surface area contributed by atoms with Crippen LogP contribution in [0.2, 0.25) is 0 Å². The van der Waals surface area contributed by atoms with Gasteiger partial charge in [-0.05, 0) is 32.1 Å². The van der Waals surface area contributed by atoms with Crippen LogP contribution in [0.5, 0.6) is 0 Å². The molecule has 0 radical (unpaired) electrons. The molecule has 3 atom stereocenters. The monoisotopic (exact) mass is 296 g/mol. The molecule has 122 valence electrons. The Kier molecular flexibility index (Phi) is 7.27. The maximum atomic E-state index is 11.5. The summed E-state index contributed by atoms with van der Waals surface area (Å²) in [6.45, 7) is 8.85. The van der Waals surface area contributed by atoms with Crippen LogP contribution in [0.15, 0.2) is 11.8 Å². The van der Waals surface area contributed by atoms with Crippen molar-refractivity contribution in [2.75, 3.05) is 7.11 Å². The smallest absolute Gasteiger partial charge is 0.333 e. The van der Waals surface area contributed by atoms with Crippen LogP contribution in [0.1, 0.15) is 72.6 Å². The highest BCUT2D eigenvalue weighted by Gasteiger charge is 2.41. The van der Waals surface area contributed by atoms with Gasteiger partial charge in [0.15, 0.2) is 0 Å². The number of allylic oxidation sites excluding steroid dienone is 1. The minimum atomic E-state index is -0.314. The van der Waals surface area contributed by atoms with Crippen LogP contribution >= 0.6 is 0 Å². The van der Waals surface area contributed by atoms with Crippen molar-refractivity contribution in [3.05, 3.63) is 11.8 Å². The van der Waals surface area contributed by atoms with Gasteiger partial charge in [-0.3, -0.25) is 0 Å². The summed E-state index contributed by atoms with van der Waals surface area (Å²) in [5.41, 5.74) is -0.130. The van der Waals surface area contributed by atoms with Gasteiger partial charge < -0.3 is 9.47 Å². The molecule has 0 aromatic rings. The summed E-state index contributed by atoms with van der Waals surface area (Å²) in [6.07, 6.45) is 9.64. The first-order valence-corrected chi connectivity index (χ1v) is 8.46. The Bertz CT molecular complexity index is 361. The second-order valence-corrected chi connectivity index (χ2v) is 6.55. The fourth-order valence-corrected chi connectivity index (χ4v) is 3.38. The third-order valence-corrected chi connectivity index (χ3v) is 4.66. The van der Waals surface area contributed by atoms with Crippen molar-refractivity contribution in [2.24, 2.45) is 11.8 Å². The van der Waals surface area contributed by atoms with E-state index in [0.29, 0.717) is 11.8 Å². The Hall–Kier alpha value is -0.990. The molecule has 0 spiro atoms. The lowest BCUT2D eigenvalue weighted by molar-refractivity contribution is -0.135. The molecule has 0 unspecified atom stereocenters. The molecule has 1 rings (SSSR count). The third kappa shape index (κ3) is 5.37. The van der Waals surface area contributed by atoms with Crippen molar-refractivity contribution in [3.63, 3.8) is 0 Å². The Morgan fingerprint density at radius 1 is 1.48 bits per heavy atom. The number of rotatable bonds is 8. The molecule has 0 amide bonds. The van der Waals surface area contributed by atoms with E-state index >= 15 is 0 Å². The number of hydrogen-bond donors (Lipinski definition) is 0. The Balaban J connectivity index is 2.74. The van der Waals surface area contributed by atoms with Crippen LogP contribution in [0, 0.1) is 11.8 Å². The number of methoxy groups -OCH3 is 1. The summed E-state index contributed by atoms with van der Waals surface area (Å²) in [5, 5.41) is 0. The Labute approximate surface area is 130 Å². The minimum absolute atomic E-state index is 0.130. The van der Waals surface area contributed by atoms with Crippen LogP contribution in [-0.2, 0) is 14.3 Å². The first-order valence-electron chi connectivity index (χ1n) is 8.46. The second kappa shape index (κ2) is 8.45. The molecular weight excluding hydrogens is 264 g/mol. The van der Waals surface area contributed by atoms with E-state index in [0.717, 1.165) is 25.0 Å². The summed E-state index contributed by atoms with van der Waals surface area (Å²) in [6, 6.07) is 0. The van der Waals surface area contributed by atoms with E-state index in [9.17, 15) is 4.79 Å². The van der Waals surface area contributed by atoms with Crippen molar-refractivity contribution >= 4 is 5.97 Å². The summed E-state index contributed by atoms with van der Waals surface area (Å²) < 4.78 is 10.9. The zero-order chi connectivity index (χ0) is 15.9. The van der Waals surface area contributed by atoms with Crippen molar-refractivity contribution in [1.29, 1.82) is 0 Å². The highest BCUT2D eigenvalue weighted by atomic mass is 16.5. The average Bonchev–Trinajstić information content (AvgIpc) is 2.79. The van der Waals surface area contributed by atoms with E-state index in [-0.39, 0.29) is 11.6 Å². The van der Waals surface area contributed by atoms with Crippen molar-refractivity contribution in [2.45, 2.75) is 78.2 Å². The van der Waals surface area contributed by atoms with Crippen LogP contribution in [0.25, 0.3) is 0 Å². The number of hydrogen-bond acceptors (Lipinski definition) is 3. The van der Waals surface area contributed by atoms with Gasteiger partial charge in [-0.1, -0.05) is 46.5 Å². The summed E-state index contributed by atoms with van der Waals surface area (Å²) in [4.78, 5) is 11.5. The van der Waals surface area contributed by atoms with Crippen LogP contribution in [-0.4, -0.2) is 18.7 Å². The topological polar surface area (TPSA) is 35.5 Å². The molecule has 1 saturated heterocycles. The van der Waals surface area contributed by atoms with Crippen LogP contribution < -0.4 is 0 Å². The normalized spacial score (nSPS) is 28.4. The SMILES string of the molecule is CCCC[C@@H](CC)C[C@@]1(C)C[C@@H](CC)/C(=C\C(=O)OC)O1. The summed E-state index contributed by atoms with van der Waals surface area (Å²) in [7, 11) is 1.41. The molecule has 0 aliphatic carbocycles. The summed E-state index contributed by atoms with van der Waals surface area (Å²) in [5.74, 6) is 1.56. The molecule has 3 nitrogen and oxygen atoms in total. The van der Waals surface area contributed by atoms with Crippen molar-refractivity contribution in [1.82, 2.24) is 0 Å². The molecule has 1 heterocycles. The lowest BCUT2D eigenvalue weighted by Gasteiger charge is -2.28. The van der Waals surface area contributed by atoms with Gasteiger partial charge in [-0.15, -0.1) is 0 Å². The highest BCUT2D eigenvalue weighted by Crippen LogP contribution is 2.43. The average molecular weight is 296 g/mol. The zero-order valence-corrected chi connectivity index (χ0v) is 14.4. The molecular formula is C18H32O3. The molecule has 0 N–H and O–H groups in total. The lowest BCUT2D eigenvalue weighted by atomic mass is 9.83. The second-order valence-electron chi connectivity index (χ2n) is 6.55. The number of unbranched alkanes of at least 4 members (excludes halogenated alkanes) is 1. The van der Waals surface area contributed by atoms with Crippen LogP contribution in [0.4, 0.5) is 0 Å². The van der Waals surface area contributed by atoms with Gasteiger partial charge in [-0.25, -0.2) is 4.79 Å². The molecule has 0 aromatic carbocycles. The minimum Gasteiger partial charge on any atom is -0.491 e. The molecule has 0 saturated carbocycles. The fraction of sp³-hybridized carbons (Fsp3) is 0.833.